The summed E-state index contributed by atoms with van der Waals surface area (Å²) in [5, 5.41) is 6.30. The number of benzene rings is 1. The fraction of sp³-hybridized carbons (Fsp3) is 0.500. The molecule has 1 aromatic carbocycles. The number of methoxy groups -OCH3 is 3. The number of amides is 1. The maximum atomic E-state index is 12.2. The Bertz CT molecular complexity index is 524. The van der Waals surface area contributed by atoms with E-state index in [0.29, 0.717) is 35.2 Å². The summed E-state index contributed by atoms with van der Waals surface area (Å²) < 4.78 is 15.6. The second-order valence-corrected chi connectivity index (χ2v) is 5.14. The maximum absolute atomic E-state index is 12.2. The molecule has 21 heavy (non-hydrogen) atoms. The summed E-state index contributed by atoms with van der Waals surface area (Å²) in [6.45, 7) is 0.661. The fourth-order valence-corrected chi connectivity index (χ4v) is 2.45. The molecule has 2 N–H and O–H groups in total. The van der Waals surface area contributed by atoms with Crippen LogP contribution < -0.4 is 20.1 Å². The minimum Gasteiger partial charge on any atom is -0.493 e. The maximum Gasteiger partial charge on any atom is 0.241 e. The van der Waals surface area contributed by atoms with Gasteiger partial charge in [0.05, 0.1) is 37.1 Å². The van der Waals surface area contributed by atoms with E-state index >= 15 is 0 Å². The fourth-order valence-electron chi connectivity index (χ4n) is 2.25. The highest BCUT2D eigenvalue weighted by molar-refractivity contribution is 6.34. The number of halogens is 1. The van der Waals surface area contributed by atoms with Crippen LogP contribution in [0.5, 0.6) is 11.5 Å². The zero-order valence-electron chi connectivity index (χ0n) is 12.2. The predicted molar refractivity (Wildman–Crippen MR) is 80.4 cm³/mol. The summed E-state index contributed by atoms with van der Waals surface area (Å²) in [5.41, 5.74) is 0.488. The van der Waals surface area contributed by atoms with Gasteiger partial charge in [-0.25, -0.2) is 0 Å². The van der Waals surface area contributed by atoms with E-state index in [1.807, 2.05) is 0 Å². The average Bonchev–Trinajstić information content (AvgIpc) is 2.97. The van der Waals surface area contributed by atoms with Crippen molar-refractivity contribution in [3.8, 4) is 11.5 Å². The molecule has 1 aromatic rings. The Morgan fingerprint density at radius 1 is 1.29 bits per heavy atom. The van der Waals surface area contributed by atoms with Crippen molar-refractivity contribution in [2.45, 2.75) is 18.6 Å². The van der Waals surface area contributed by atoms with Gasteiger partial charge in [0.25, 0.3) is 0 Å². The van der Waals surface area contributed by atoms with Crippen molar-refractivity contribution in [3.05, 3.63) is 17.2 Å². The molecule has 0 radical (unpaired) electrons. The van der Waals surface area contributed by atoms with Crippen molar-refractivity contribution in [1.29, 1.82) is 0 Å². The lowest BCUT2D eigenvalue weighted by molar-refractivity contribution is -0.118. The first-order chi connectivity index (χ1) is 10.1. The number of rotatable bonds is 5. The smallest absolute Gasteiger partial charge is 0.241 e. The average molecular weight is 315 g/mol. The summed E-state index contributed by atoms with van der Waals surface area (Å²) in [5.74, 6) is 0.869. The van der Waals surface area contributed by atoms with Crippen molar-refractivity contribution < 1.29 is 19.0 Å². The van der Waals surface area contributed by atoms with Gasteiger partial charge in [0, 0.05) is 25.8 Å². The van der Waals surface area contributed by atoms with Crippen molar-refractivity contribution in [1.82, 2.24) is 5.32 Å². The summed E-state index contributed by atoms with van der Waals surface area (Å²) in [4.78, 5) is 12.2. The van der Waals surface area contributed by atoms with Gasteiger partial charge in [0.15, 0.2) is 11.5 Å². The van der Waals surface area contributed by atoms with Gasteiger partial charge < -0.3 is 24.8 Å². The molecule has 1 aliphatic heterocycles. The highest BCUT2D eigenvalue weighted by Crippen LogP contribution is 2.36. The molecule has 1 heterocycles. The van der Waals surface area contributed by atoms with Crippen LogP contribution in [0.1, 0.15) is 6.42 Å². The zero-order valence-corrected chi connectivity index (χ0v) is 13.0. The first-order valence-electron chi connectivity index (χ1n) is 6.57. The van der Waals surface area contributed by atoms with Crippen LogP contribution in [0.4, 0.5) is 5.69 Å². The Morgan fingerprint density at radius 2 is 1.95 bits per heavy atom. The first-order valence-corrected chi connectivity index (χ1v) is 6.95. The Hall–Kier alpha value is -1.50. The van der Waals surface area contributed by atoms with Crippen molar-refractivity contribution in [2.24, 2.45) is 0 Å². The third-order valence-electron chi connectivity index (χ3n) is 3.47. The van der Waals surface area contributed by atoms with E-state index in [0.717, 1.165) is 0 Å². The molecule has 2 atom stereocenters. The second-order valence-electron chi connectivity index (χ2n) is 4.73. The molecule has 0 spiro atoms. The summed E-state index contributed by atoms with van der Waals surface area (Å²) >= 11 is 6.15. The monoisotopic (exact) mass is 314 g/mol. The summed E-state index contributed by atoms with van der Waals surface area (Å²) in [6.07, 6.45) is 0.689. The van der Waals surface area contributed by atoms with Gasteiger partial charge in [0.2, 0.25) is 5.91 Å². The molecule has 1 saturated heterocycles. The summed E-state index contributed by atoms with van der Waals surface area (Å²) in [7, 11) is 4.69. The molecule has 116 valence electrons. The van der Waals surface area contributed by atoms with Crippen molar-refractivity contribution in [3.63, 3.8) is 0 Å². The molecule has 1 fully saturated rings. The highest BCUT2D eigenvalue weighted by Gasteiger charge is 2.29. The van der Waals surface area contributed by atoms with Gasteiger partial charge in [0.1, 0.15) is 0 Å². The van der Waals surface area contributed by atoms with Crippen molar-refractivity contribution in [2.75, 3.05) is 33.2 Å². The lowest BCUT2D eigenvalue weighted by Crippen LogP contribution is -2.35. The highest BCUT2D eigenvalue weighted by atomic mass is 35.5. The third kappa shape index (κ3) is 3.58. The quantitative estimate of drug-likeness (QED) is 0.865. The Morgan fingerprint density at radius 3 is 2.52 bits per heavy atom. The normalized spacial score (nSPS) is 21.1. The van der Waals surface area contributed by atoms with Gasteiger partial charge in [-0.15, -0.1) is 0 Å². The van der Waals surface area contributed by atoms with Crippen LogP contribution in [0.15, 0.2) is 12.1 Å². The molecule has 6 nitrogen and oxygen atoms in total. The molecule has 1 aliphatic rings. The number of nitrogens with one attached hydrogen (secondary N) is 2. The minimum absolute atomic E-state index is 0.0571. The number of anilines is 1. The molecule has 7 heteroatoms. The summed E-state index contributed by atoms with van der Waals surface area (Å²) in [6, 6.07) is 2.96. The molecule has 0 aromatic heterocycles. The topological polar surface area (TPSA) is 68.8 Å². The van der Waals surface area contributed by atoms with Crippen molar-refractivity contribution >= 4 is 23.2 Å². The number of carbonyl (C=O) groups is 1. The van der Waals surface area contributed by atoms with E-state index in [9.17, 15) is 4.79 Å². The van der Waals surface area contributed by atoms with Gasteiger partial charge in [-0.05, 0) is 6.42 Å². The number of ether oxygens (including phenoxy) is 3. The molecule has 0 aliphatic carbocycles. The lowest BCUT2D eigenvalue weighted by Gasteiger charge is -2.15. The van der Waals surface area contributed by atoms with Gasteiger partial charge in [-0.2, -0.15) is 0 Å². The van der Waals surface area contributed by atoms with Gasteiger partial charge >= 0.3 is 0 Å². The van der Waals surface area contributed by atoms with Crippen LogP contribution in [0.25, 0.3) is 0 Å². The second kappa shape index (κ2) is 6.98. The van der Waals surface area contributed by atoms with Crippen LogP contribution in [0.3, 0.4) is 0 Å². The van der Waals surface area contributed by atoms with Crippen LogP contribution >= 0.6 is 11.6 Å². The number of carbonyl (C=O) groups excluding carboxylic acids is 1. The largest absolute Gasteiger partial charge is 0.493 e. The standard InChI is InChI=1S/C14H19ClN2O4/c1-19-8-4-11(16-7-8)14(18)17-10-6-13(21-3)12(20-2)5-9(10)15/h5-6,8,11,16H,4,7H2,1-3H3,(H,17,18). The number of hydrogen-bond acceptors (Lipinski definition) is 5. The molecular formula is C14H19ClN2O4. The molecule has 2 rings (SSSR count). The molecule has 2 unspecified atom stereocenters. The molecular weight excluding hydrogens is 296 g/mol. The van der Waals surface area contributed by atoms with Crippen LogP contribution in [0, 0.1) is 0 Å². The number of hydrogen-bond donors (Lipinski definition) is 2. The van der Waals surface area contributed by atoms with Crippen LogP contribution in [0.2, 0.25) is 5.02 Å². The van der Waals surface area contributed by atoms with E-state index in [4.69, 9.17) is 25.8 Å². The van der Waals surface area contributed by atoms with E-state index in [1.54, 1.807) is 19.2 Å². The van der Waals surface area contributed by atoms with Crippen LogP contribution in [-0.4, -0.2) is 45.9 Å². The Balaban J connectivity index is 2.10. The van der Waals surface area contributed by atoms with Crippen LogP contribution in [-0.2, 0) is 9.53 Å². The first kappa shape index (κ1) is 15.9. The predicted octanol–water partition coefficient (Wildman–Crippen LogP) is 1.67. The molecule has 0 saturated carbocycles. The van der Waals surface area contributed by atoms with E-state index in [1.165, 1.54) is 14.2 Å². The third-order valence-corrected chi connectivity index (χ3v) is 3.78. The molecule has 0 bridgehead atoms. The lowest BCUT2D eigenvalue weighted by atomic mass is 10.2. The molecule has 1 amide bonds. The SMILES string of the molecule is COc1cc(Cl)c(NC(=O)C2CC(OC)CN2)cc1OC. The van der Waals surface area contributed by atoms with E-state index in [-0.39, 0.29) is 18.1 Å². The Kier molecular flexibility index (Phi) is 5.27. The van der Waals surface area contributed by atoms with Gasteiger partial charge in [-0.3, -0.25) is 4.79 Å². The van der Waals surface area contributed by atoms with E-state index < -0.39 is 0 Å². The Labute approximate surface area is 128 Å². The zero-order chi connectivity index (χ0) is 15.4. The van der Waals surface area contributed by atoms with E-state index in [2.05, 4.69) is 10.6 Å². The minimum atomic E-state index is -0.292. The van der Waals surface area contributed by atoms with Gasteiger partial charge in [-0.1, -0.05) is 11.6 Å².